The number of amides is 2. The number of allylic oxidation sites excluding steroid dienone is 1. The van der Waals surface area contributed by atoms with Gasteiger partial charge in [0, 0.05) is 5.92 Å². The lowest BCUT2D eigenvalue weighted by Crippen LogP contribution is -2.49. The Balaban J connectivity index is 2.01. The molecule has 1 saturated heterocycles. The van der Waals surface area contributed by atoms with E-state index < -0.39 is 41.7 Å². The molecular formula is C23H29ClN2O5. The zero-order chi connectivity index (χ0) is 22.7. The first-order chi connectivity index (χ1) is 14.8. The monoisotopic (exact) mass is 448 g/mol. The summed E-state index contributed by atoms with van der Waals surface area (Å²) in [5, 5.41) is 13.0. The lowest BCUT2D eigenvalue weighted by molar-refractivity contribution is -0.156. The molecule has 1 heterocycles. The normalized spacial score (nSPS) is 28.2. The molecule has 0 spiro atoms. The average Bonchev–Trinajstić information content (AvgIpc) is 3.06. The Hall–Kier alpha value is -2.38. The van der Waals surface area contributed by atoms with Gasteiger partial charge in [0.1, 0.15) is 6.04 Å². The van der Waals surface area contributed by atoms with Crippen molar-refractivity contribution in [2.75, 3.05) is 18.5 Å². The number of carbonyl (C=O) groups is 3. The smallest absolute Gasteiger partial charge is 0.310 e. The molecule has 31 heavy (non-hydrogen) atoms. The predicted octanol–water partition coefficient (Wildman–Crippen LogP) is 2.88. The van der Waals surface area contributed by atoms with Gasteiger partial charge in [0.25, 0.3) is 0 Å². The molecule has 0 aromatic heterocycles. The van der Waals surface area contributed by atoms with Crippen molar-refractivity contribution < 1.29 is 24.2 Å². The number of para-hydroxylation sites is 1. The van der Waals surface area contributed by atoms with E-state index in [2.05, 4.69) is 5.32 Å². The van der Waals surface area contributed by atoms with E-state index >= 15 is 0 Å². The van der Waals surface area contributed by atoms with Gasteiger partial charge in [0.05, 0.1) is 41.8 Å². The fourth-order valence-electron chi connectivity index (χ4n) is 4.73. The summed E-state index contributed by atoms with van der Waals surface area (Å²) in [6, 6.07) is 5.39. The molecule has 6 atom stereocenters. The SMILES string of the molecule is CCOC(=O)[C@H]1[C@H]2C(=O)N([C@H](C)CO)[C@H](C(=O)Nc3ccccc3Cl)[C@H]2C=C[C@H]1CC. The summed E-state index contributed by atoms with van der Waals surface area (Å²) in [4.78, 5) is 41.1. The molecule has 2 amide bonds. The average molecular weight is 449 g/mol. The number of fused-ring (bicyclic) bond motifs is 1. The van der Waals surface area contributed by atoms with Crippen LogP contribution in [0.15, 0.2) is 36.4 Å². The maximum absolute atomic E-state index is 13.5. The minimum absolute atomic E-state index is 0.152. The quantitative estimate of drug-likeness (QED) is 0.494. The third kappa shape index (κ3) is 4.34. The van der Waals surface area contributed by atoms with Gasteiger partial charge >= 0.3 is 5.97 Å². The van der Waals surface area contributed by atoms with Gasteiger partial charge in [-0.05, 0) is 38.3 Å². The zero-order valence-corrected chi connectivity index (χ0v) is 18.7. The van der Waals surface area contributed by atoms with Gasteiger partial charge < -0.3 is 20.1 Å². The molecule has 0 bridgehead atoms. The number of halogens is 1. The van der Waals surface area contributed by atoms with E-state index in [0.29, 0.717) is 17.1 Å². The summed E-state index contributed by atoms with van der Waals surface area (Å²) in [7, 11) is 0. The summed E-state index contributed by atoms with van der Waals surface area (Å²) in [5.74, 6) is -3.19. The second-order valence-electron chi connectivity index (χ2n) is 8.03. The van der Waals surface area contributed by atoms with Gasteiger partial charge in [-0.3, -0.25) is 14.4 Å². The van der Waals surface area contributed by atoms with Gasteiger partial charge in [-0.25, -0.2) is 0 Å². The van der Waals surface area contributed by atoms with E-state index in [4.69, 9.17) is 16.3 Å². The molecular weight excluding hydrogens is 420 g/mol. The summed E-state index contributed by atoms with van der Waals surface area (Å²) >= 11 is 6.19. The van der Waals surface area contributed by atoms with Crippen LogP contribution < -0.4 is 5.32 Å². The number of aliphatic hydroxyl groups is 1. The fraction of sp³-hybridized carbons (Fsp3) is 0.522. The van der Waals surface area contributed by atoms with Crippen LogP contribution in [0.4, 0.5) is 5.69 Å². The van der Waals surface area contributed by atoms with Crippen molar-refractivity contribution in [1.29, 1.82) is 0 Å². The maximum atomic E-state index is 13.5. The second-order valence-corrected chi connectivity index (χ2v) is 8.44. The molecule has 2 N–H and O–H groups in total. The summed E-state index contributed by atoms with van der Waals surface area (Å²) in [6.07, 6.45) is 4.45. The van der Waals surface area contributed by atoms with E-state index in [1.807, 2.05) is 19.1 Å². The van der Waals surface area contributed by atoms with Crippen LogP contribution in [0, 0.1) is 23.7 Å². The Bertz CT molecular complexity index is 873. The summed E-state index contributed by atoms with van der Waals surface area (Å²) in [5.41, 5.74) is 0.440. The minimum atomic E-state index is -0.873. The maximum Gasteiger partial charge on any atom is 0.310 e. The van der Waals surface area contributed by atoms with Crippen molar-refractivity contribution in [3.8, 4) is 0 Å². The number of aliphatic hydroxyl groups excluding tert-OH is 1. The molecule has 168 valence electrons. The number of rotatable bonds is 7. The predicted molar refractivity (Wildman–Crippen MR) is 117 cm³/mol. The number of nitrogens with one attached hydrogen (secondary N) is 1. The van der Waals surface area contributed by atoms with Crippen molar-refractivity contribution in [3.05, 3.63) is 41.4 Å². The number of carbonyl (C=O) groups excluding carboxylic acids is 3. The van der Waals surface area contributed by atoms with Crippen LogP contribution in [0.1, 0.15) is 27.2 Å². The van der Waals surface area contributed by atoms with Crippen molar-refractivity contribution in [3.63, 3.8) is 0 Å². The van der Waals surface area contributed by atoms with Crippen LogP contribution >= 0.6 is 11.6 Å². The molecule has 8 heteroatoms. The number of likely N-dealkylation sites (tertiary alicyclic amines) is 1. The number of esters is 1. The Morgan fingerprint density at radius 3 is 2.58 bits per heavy atom. The van der Waals surface area contributed by atoms with Crippen LogP contribution in [0.25, 0.3) is 0 Å². The van der Waals surface area contributed by atoms with E-state index in [9.17, 15) is 19.5 Å². The van der Waals surface area contributed by atoms with Gasteiger partial charge in [-0.15, -0.1) is 0 Å². The van der Waals surface area contributed by atoms with Crippen molar-refractivity contribution in [2.45, 2.75) is 39.3 Å². The third-order valence-electron chi connectivity index (χ3n) is 6.22. The first-order valence-corrected chi connectivity index (χ1v) is 11.1. The highest BCUT2D eigenvalue weighted by Gasteiger charge is 2.58. The van der Waals surface area contributed by atoms with E-state index in [1.54, 1.807) is 38.1 Å². The first kappa shape index (κ1) is 23.3. The second kappa shape index (κ2) is 9.83. The Morgan fingerprint density at radius 1 is 1.26 bits per heavy atom. The molecule has 0 radical (unpaired) electrons. The number of nitrogens with zero attached hydrogens (tertiary/aromatic N) is 1. The van der Waals surface area contributed by atoms with E-state index in [0.717, 1.165) is 0 Å². The molecule has 1 aromatic carbocycles. The number of anilines is 1. The number of benzene rings is 1. The zero-order valence-electron chi connectivity index (χ0n) is 18.0. The molecule has 7 nitrogen and oxygen atoms in total. The molecule has 0 saturated carbocycles. The molecule has 1 aliphatic heterocycles. The Kier molecular flexibility index (Phi) is 7.38. The standard InChI is InChI=1S/C23H29ClN2O5/c1-4-14-10-11-15-19(18(14)23(30)31-5-2)22(29)26(13(3)12-27)20(15)21(28)25-17-9-7-6-8-16(17)24/h6-11,13-15,18-20,27H,4-5,12H2,1-3H3,(H,25,28)/t13-,14-,15+,18-,19+,20+/m1/s1. The van der Waals surface area contributed by atoms with E-state index in [-0.39, 0.29) is 25.0 Å². The lowest BCUT2D eigenvalue weighted by Gasteiger charge is -2.33. The Labute approximate surface area is 187 Å². The number of hydrogen-bond donors (Lipinski definition) is 2. The first-order valence-electron chi connectivity index (χ1n) is 10.7. The highest BCUT2D eigenvalue weighted by Crippen LogP contribution is 2.46. The molecule has 3 rings (SSSR count). The summed E-state index contributed by atoms with van der Waals surface area (Å²) in [6.45, 7) is 5.29. The molecule has 2 aliphatic rings. The van der Waals surface area contributed by atoms with Gasteiger partial charge in [0.2, 0.25) is 11.8 Å². The largest absolute Gasteiger partial charge is 0.466 e. The van der Waals surface area contributed by atoms with Crippen molar-refractivity contribution >= 4 is 35.1 Å². The van der Waals surface area contributed by atoms with Gasteiger partial charge in [-0.2, -0.15) is 0 Å². The fourth-order valence-corrected chi connectivity index (χ4v) is 4.91. The number of hydrogen-bond acceptors (Lipinski definition) is 5. The minimum Gasteiger partial charge on any atom is -0.466 e. The van der Waals surface area contributed by atoms with Crippen molar-refractivity contribution in [2.24, 2.45) is 23.7 Å². The van der Waals surface area contributed by atoms with Crippen LogP contribution in [-0.2, 0) is 19.1 Å². The van der Waals surface area contributed by atoms with Crippen LogP contribution in [0.5, 0.6) is 0 Å². The van der Waals surface area contributed by atoms with Gasteiger partial charge in [0.15, 0.2) is 0 Å². The van der Waals surface area contributed by atoms with Crippen LogP contribution in [-0.4, -0.2) is 53.1 Å². The Morgan fingerprint density at radius 2 is 1.97 bits per heavy atom. The van der Waals surface area contributed by atoms with Crippen molar-refractivity contribution in [1.82, 2.24) is 4.90 Å². The molecule has 1 aromatic rings. The third-order valence-corrected chi connectivity index (χ3v) is 6.55. The molecule has 1 fully saturated rings. The highest BCUT2D eigenvalue weighted by molar-refractivity contribution is 6.33. The number of ether oxygens (including phenoxy) is 1. The van der Waals surface area contributed by atoms with Crippen LogP contribution in [0.2, 0.25) is 5.02 Å². The lowest BCUT2D eigenvalue weighted by atomic mass is 9.69. The van der Waals surface area contributed by atoms with E-state index in [1.165, 1.54) is 4.90 Å². The molecule has 0 unspecified atom stereocenters. The summed E-state index contributed by atoms with van der Waals surface area (Å²) < 4.78 is 5.29. The van der Waals surface area contributed by atoms with Gasteiger partial charge in [-0.1, -0.05) is 42.8 Å². The topological polar surface area (TPSA) is 95.9 Å². The molecule has 1 aliphatic carbocycles. The van der Waals surface area contributed by atoms with Crippen LogP contribution in [0.3, 0.4) is 0 Å². The highest BCUT2D eigenvalue weighted by atomic mass is 35.5.